The zero-order valence-corrected chi connectivity index (χ0v) is 14.8. The molecule has 0 amide bonds. The van der Waals surface area contributed by atoms with Crippen molar-refractivity contribution in [3.8, 4) is 0 Å². The Balaban J connectivity index is 0. The molecule has 0 aliphatic rings. The first-order valence-electron chi connectivity index (χ1n) is 7.57. The number of rotatable bonds is 8. The Labute approximate surface area is 125 Å². The Morgan fingerprint density at radius 1 is 0.900 bits per heavy atom. The second-order valence-electron chi connectivity index (χ2n) is 6.51. The van der Waals surface area contributed by atoms with Gasteiger partial charge in [0.25, 0.3) is 0 Å². The lowest BCUT2D eigenvalue weighted by atomic mass is 9.91. The monoisotopic (exact) mass is 289 g/mol. The van der Waals surface area contributed by atoms with Gasteiger partial charge in [-0.15, -0.1) is 0 Å². The van der Waals surface area contributed by atoms with Crippen LogP contribution in [-0.4, -0.2) is 44.3 Å². The van der Waals surface area contributed by atoms with Gasteiger partial charge in [0.05, 0.1) is 19.8 Å². The van der Waals surface area contributed by atoms with Gasteiger partial charge in [0.1, 0.15) is 6.61 Å². The van der Waals surface area contributed by atoms with Gasteiger partial charge >= 0.3 is 0 Å². The summed E-state index contributed by atoms with van der Waals surface area (Å²) in [5.74, 6) is 0.122. The Morgan fingerprint density at radius 2 is 1.40 bits per heavy atom. The molecule has 0 aromatic rings. The fourth-order valence-electron chi connectivity index (χ4n) is 1.10. The quantitative estimate of drug-likeness (QED) is 0.698. The maximum Gasteiger partial charge on any atom is 0.163 e. The number of hydrogen-bond acceptors (Lipinski definition) is 4. The van der Waals surface area contributed by atoms with Crippen LogP contribution in [-0.2, 0) is 14.3 Å². The van der Waals surface area contributed by atoms with Gasteiger partial charge in [0.15, 0.2) is 5.78 Å². The highest BCUT2D eigenvalue weighted by atomic mass is 16.5. The first-order chi connectivity index (χ1) is 9.13. The van der Waals surface area contributed by atoms with Gasteiger partial charge in [-0.2, -0.15) is 0 Å². The summed E-state index contributed by atoms with van der Waals surface area (Å²) in [6.45, 7) is 18.7. The molecule has 0 unspecified atom stereocenters. The summed E-state index contributed by atoms with van der Waals surface area (Å²) in [6, 6.07) is 0. The maximum atomic E-state index is 11.5. The number of ether oxygens (including phenoxy) is 2. The topological polar surface area (TPSA) is 47.6 Å². The van der Waals surface area contributed by atoms with Crippen molar-refractivity contribution in [2.24, 2.45) is 5.41 Å². The lowest BCUT2D eigenvalue weighted by molar-refractivity contribution is -0.131. The van der Waals surface area contributed by atoms with E-state index in [1.54, 1.807) is 0 Å². The van der Waals surface area contributed by atoms with E-state index in [0.29, 0.717) is 19.8 Å². The second kappa shape index (κ2) is 11.2. The van der Waals surface area contributed by atoms with Crippen molar-refractivity contribution in [3.05, 3.63) is 0 Å². The van der Waals surface area contributed by atoms with Gasteiger partial charge in [-0.25, -0.2) is 0 Å². The van der Waals surface area contributed by atoms with Crippen LogP contribution in [0.4, 0.5) is 0 Å². The van der Waals surface area contributed by atoms with Crippen molar-refractivity contribution in [1.82, 2.24) is 5.32 Å². The van der Waals surface area contributed by atoms with Crippen LogP contribution in [0.2, 0.25) is 0 Å². The SMILES string of the molecule is CC.CC(C)(C)NCCOCCOCC(=O)C(C)(C)C. The van der Waals surface area contributed by atoms with Crippen LogP contribution in [0.25, 0.3) is 0 Å². The molecule has 0 aliphatic carbocycles. The highest BCUT2D eigenvalue weighted by Crippen LogP contribution is 2.14. The molecule has 4 nitrogen and oxygen atoms in total. The van der Waals surface area contributed by atoms with Gasteiger partial charge in [-0.05, 0) is 20.8 Å². The zero-order chi connectivity index (χ0) is 16.2. The minimum Gasteiger partial charge on any atom is -0.378 e. The standard InChI is InChI=1S/C14H29NO3.C2H6/c1-13(2,3)12(16)11-18-10-9-17-8-7-15-14(4,5)6;1-2/h15H,7-11H2,1-6H3;1-2H3. The third kappa shape index (κ3) is 15.6. The summed E-state index contributed by atoms with van der Waals surface area (Å²) in [5, 5.41) is 3.33. The fourth-order valence-corrected chi connectivity index (χ4v) is 1.10. The van der Waals surface area contributed by atoms with Crippen LogP contribution in [0.15, 0.2) is 0 Å². The fraction of sp³-hybridized carbons (Fsp3) is 0.938. The second-order valence-corrected chi connectivity index (χ2v) is 6.51. The third-order valence-electron chi connectivity index (χ3n) is 2.34. The summed E-state index contributed by atoms with van der Waals surface area (Å²) in [4.78, 5) is 11.5. The molecule has 122 valence electrons. The molecule has 0 saturated carbocycles. The summed E-state index contributed by atoms with van der Waals surface area (Å²) in [6.07, 6.45) is 0. The summed E-state index contributed by atoms with van der Waals surface area (Å²) in [5.41, 5.74) is -0.198. The number of carbonyl (C=O) groups is 1. The molecule has 4 heteroatoms. The first kappa shape index (κ1) is 21.8. The molecular formula is C16H35NO3. The molecule has 0 bridgehead atoms. The molecule has 0 radical (unpaired) electrons. The van der Waals surface area contributed by atoms with E-state index >= 15 is 0 Å². The van der Waals surface area contributed by atoms with Crippen LogP contribution < -0.4 is 5.32 Å². The molecule has 0 rings (SSSR count). The van der Waals surface area contributed by atoms with Crippen molar-refractivity contribution >= 4 is 5.78 Å². The highest BCUT2D eigenvalue weighted by molar-refractivity contribution is 5.84. The summed E-state index contributed by atoms with van der Waals surface area (Å²) in [7, 11) is 0. The number of Topliss-reactive ketones (excluding diaryl/α,β-unsaturated/α-hetero) is 1. The van der Waals surface area contributed by atoms with Gasteiger partial charge < -0.3 is 14.8 Å². The van der Waals surface area contributed by atoms with Crippen LogP contribution in [0.3, 0.4) is 0 Å². The van der Waals surface area contributed by atoms with E-state index in [1.807, 2.05) is 34.6 Å². The molecule has 20 heavy (non-hydrogen) atoms. The van der Waals surface area contributed by atoms with Gasteiger partial charge in [0.2, 0.25) is 0 Å². The number of hydrogen-bond donors (Lipinski definition) is 1. The maximum absolute atomic E-state index is 11.5. The molecule has 0 aromatic heterocycles. The van der Waals surface area contributed by atoms with E-state index < -0.39 is 0 Å². The smallest absolute Gasteiger partial charge is 0.163 e. The lowest BCUT2D eigenvalue weighted by Gasteiger charge is -2.20. The van der Waals surface area contributed by atoms with E-state index in [9.17, 15) is 4.79 Å². The summed E-state index contributed by atoms with van der Waals surface area (Å²) < 4.78 is 10.7. The van der Waals surface area contributed by atoms with E-state index in [4.69, 9.17) is 9.47 Å². The molecule has 0 fully saturated rings. The zero-order valence-electron chi connectivity index (χ0n) is 14.8. The van der Waals surface area contributed by atoms with Gasteiger partial charge in [-0.1, -0.05) is 34.6 Å². The predicted molar refractivity (Wildman–Crippen MR) is 85.2 cm³/mol. The van der Waals surface area contributed by atoms with Crippen molar-refractivity contribution < 1.29 is 14.3 Å². The van der Waals surface area contributed by atoms with Crippen LogP contribution >= 0.6 is 0 Å². The van der Waals surface area contributed by atoms with Gasteiger partial charge in [0, 0.05) is 17.5 Å². The van der Waals surface area contributed by atoms with E-state index in [0.717, 1.165) is 6.54 Å². The number of ketones is 1. The molecule has 0 spiro atoms. The first-order valence-corrected chi connectivity index (χ1v) is 7.57. The molecule has 1 N–H and O–H groups in total. The highest BCUT2D eigenvalue weighted by Gasteiger charge is 2.20. The lowest BCUT2D eigenvalue weighted by Crippen LogP contribution is -2.38. The van der Waals surface area contributed by atoms with E-state index in [1.165, 1.54) is 0 Å². The Bertz CT molecular complexity index is 239. The molecule has 0 saturated heterocycles. The average Bonchev–Trinajstić information content (AvgIpc) is 2.32. The van der Waals surface area contributed by atoms with Crippen molar-refractivity contribution in [3.63, 3.8) is 0 Å². The van der Waals surface area contributed by atoms with Crippen LogP contribution in [0.1, 0.15) is 55.4 Å². The Hall–Kier alpha value is -0.450. The minimum absolute atomic E-state index is 0.122. The van der Waals surface area contributed by atoms with Crippen molar-refractivity contribution in [1.29, 1.82) is 0 Å². The van der Waals surface area contributed by atoms with Crippen LogP contribution in [0.5, 0.6) is 0 Å². The van der Waals surface area contributed by atoms with Crippen LogP contribution in [0, 0.1) is 5.41 Å². The van der Waals surface area contributed by atoms with E-state index in [-0.39, 0.29) is 23.3 Å². The Morgan fingerprint density at radius 3 is 1.85 bits per heavy atom. The van der Waals surface area contributed by atoms with E-state index in [2.05, 4.69) is 26.1 Å². The van der Waals surface area contributed by atoms with Gasteiger partial charge in [-0.3, -0.25) is 4.79 Å². The largest absolute Gasteiger partial charge is 0.378 e. The van der Waals surface area contributed by atoms with Crippen molar-refractivity contribution in [2.45, 2.75) is 60.9 Å². The molecule has 0 atom stereocenters. The summed E-state index contributed by atoms with van der Waals surface area (Å²) >= 11 is 0. The Kier molecular flexibility index (Phi) is 12.3. The molecule has 0 aliphatic heterocycles. The predicted octanol–water partition coefficient (Wildman–Crippen LogP) is 3.05. The molecule has 0 aromatic carbocycles. The normalized spacial score (nSPS) is 11.8. The molecular weight excluding hydrogens is 254 g/mol. The number of carbonyl (C=O) groups excluding carboxylic acids is 1. The number of nitrogens with one attached hydrogen (secondary N) is 1. The average molecular weight is 289 g/mol. The third-order valence-corrected chi connectivity index (χ3v) is 2.34. The molecule has 0 heterocycles. The minimum atomic E-state index is -0.322. The van der Waals surface area contributed by atoms with Crippen molar-refractivity contribution in [2.75, 3.05) is 33.0 Å².